The van der Waals surface area contributed by atoms with E-state index in [2.05, 4.69) is 4.90 Å². The van der Waals surface area contributed by atoms with E-state index in [1.54, 1.807) is 0 Å². The lowest BCUT2D eigenvalue weighted by Crippen LogP contribution is -2.54. The normalized spacial score (nSPS) is 21.1. The van der Waals surface area contributed by atoms with Crippen LogP contribution < -0.4 is 0 Å². The first-order valence-electron chi connectivity index (χ1n) is 7.59. The molecule has 1 rings (SSSR count). The number of hydrogen-bond donors (Lipinski definition) is 1. The molecule has 0 radical (unpaired) electrons. The van der Waals surface area contributed by atoms with Crippen LogP contribution in [0.25, 0.3) is 0 Å². The second-order valence-corrected chi connectivity index (χ2v) is 6.80. The molecule has 1 amide bonds. The van der Waals surface area contributed by atoms with Crippen molar-refractivity contribution < 1.29 is 14.6 Å². The summed E-state index contributed by atoms with van der Waals surface area (Å²) in [4.78, 5) is 16.5. The van der Waals surface area contributed by atoms with Crippen molar-refractivity contribution in [3.63, 3.8) is 0 Å². The number of carbonyl (C=O) groups excluding carboxylic acids is 1. The zero-order valence-electron chi connectivity index (χ0n) is 13.6. The molecule has 0 aromatic heterocycles. The second-order valence-electron chi connectivity index (χ2n) is 6.80. The molecule has 0 saturated carbocycles. The lowest BCUT2D eigenvalue weighted by atomic mass is 10.0. The van der Waals surface area contributed by atoms with Crippen LogP contribution in [0.5, 0.6) is 0 Å². The standard InChI is InChI=1S/C15H30N2O3/c1-12(2)17(14(19)20-15(3,4)5)13-7-6-8-16(11-13)9-10-18/h12-13,18H,6-11H2,1-5H3. The predicted octanol–water partition coefficient (Wildman–Crippen LogP) is 2.09. The molecule has 118 valence electrons. The number of rotatable bonds is 4. The van der Waals surface area contributed by atoms with Crippen molar-refractivity contribution in [2.45, 2.75) is 65.1 Å². The van der Waals surface area contributed by atoms with E-state index in [-0.39, 0.29) is 24.8 Å². The van der Waals surface area contributed by atoms with Crippen molar-refractivity contribution in [3.8, 4) is 0 Å². The Morgan fingerprint density at radius 2 is 2.10 bits per heavy atom. The molecule has 1 N–H and O–H groups in total. The first-order valence-corrected chi connectivity index (χ1v) is 7.59. The van der Waals surface area contributed by atoms with Crippen LogP contribution in [0, 0.1) is 0 Å². The van der Waals surface area contributed by atoms with Gasteiger partial charge in [-0.1, -0.05) is 0 Å². The summed E-state index contributed by atoms with van der Waals surface area (Å²) < 4.78 is 5.53. The summed E-state index contributed by atoms with van der Waals surface area (Å²) >= 11 is 0. The summed E-state index contributed by atoms with van der Waals surface area (Å²) in [5.74, 6) is 0. The fourth-order valence-electron chi connectivity index (χ4n) is 2.70. The first kappa shape index (κ1) is 17.2. The fraction of sp³-hybridized carbons (Fsp3) is 0.933. The van der Waals surface area contributed by atoms with Gasteiger partial charge in [0.05, 0.1) is 6.61 Å². The summed E-state index contributed by atoms with van der Waals surface area (Å²) in [6, 6.07) is 0.286. The summed E-state index contributed by atoms with van der Waals surface area (Å²) in [6.45, 7) is 12.4. The van der Waals surface area contributed by atoms with E-state index in [0.29, 0.717) is 6.54 Å². The molecule has 1 unspecified atom stereocenters. The smallest absolute Gasteiger partial charge is 0.410 e. The van der Waals surface area contributed by atoms with Gasteiger partial charge in [-0.25, -0.2) is 4.79 Å². The van der Waals surface area contributed by atoms with Gasteiger partial charge < -0.3 is 14.7 Å². The predicted molar refractivity (Wildman–Crippen MR) is 79.8 cm³/mol. The zero-order valence-corrected chi connectivity index (χ0v) is 13.6. The minimum absolute atomic E-state index is 0.115. The topological polar surface area (TPSA) is 53.0 Å². The SMILES string of the molecule is CC(C)N(C(=O)OC(C)(C)C)C1CCCN(CCO)C1. The highest BCUT2D eigenvalue weighted by molar-refractivity contribution is 5.69. The Labute approximate surface area is 122 Å². The lowest BCUT2D eigenvalue weighted by Gasteiger charge is -2.41. The van der Waals surface area contributed by atoms with E-state index in [9.17, 15) is 4.79 Å². The maximum atomic E-state index is 12.4. The van der Waals surface area contributed by atoms with E-state index in [1.165, 1.54) is 0 Å². The number of carbonyl (C=O) groups is 1. The van der Waals surface area contributed by atoms with Crippen LogP contribution in [0.1, 0.15) is 47.5 Å². The summed E-state index contributed by atoms with van der Waals surface area (Å²) in [5.41, 5.74) is -0.469. The third kappa shape index (κ3) is 5.29. The molecule has 5 heteroatoms. The van der Waals surface area contributed by atoms with Crippen LogP contribution >= 0.6 is 0 Å². The molecular weight excluding hydrogens is 256 g/mol. The monoisotopic (exact) mass is 286 g/mol. The Morgan fingerprint density at radius 3 is 2.60 bits per heavy atom. The number of amides is 1. The molecule has 1 aliphatic heterocycles. The van der Waals surface area contributed by atoms with Gasteiger partial charge in [-0.15, -0.1) is 0 Å². The van der Waals surface area contributed by atoms with Crippen molar-refractivity contribution in [2.75, 3.05) is 26.2 Å². The Bertz CT molecular complexity index is 311. The molecule has 0 spiro atoms. The molecular formula is C15H30N2O3. The number of hydrogen-bond acceptors (Lipinski definition) is 4. The van der Waals surface area contributed by atoms with E-state index in [1.807, 2.05) is 39.5 Å². The fourth-order valence-corrected chi connectivity index (χ4v) is 2.70. The molecule has 1 fully saturated rings. The van der Waals surface area contributed by atoms with Crippen LogP contribution in [0.2, 0.25) is 0 Å². The summed E-state index contributed by atoms with van der Waals surface area (Å²) in [6.07, 6.45) is 1.82. The van der Waals surface area contributed by atoms with Gasteiger partial charge in [0.15, 0.2) is 0 Å². The Balaban J connectivity index is 2.72. The molecule has 0 bridgehead atoms. The molecule has 1 atom stereocenters. The third-order valence-corrected chi connectivity index (χ3v) is 3.45. The van der Waals surface area contributed by atoms with Crippen LogP contribution in [0.4, 0.5) is 4.79 Å². The van der Waals surface area contributed by atoms with Crippen LogP contribution in [0.15, 0.2) is 0 Å². The van der Waals surface area contributed by atoms with Crippen LogP contribution in [-0.4, -0.2) is 64.9 Å². The lowest BCUT2D eigenvalue weighted by molar-refractivity contribution is -0.00319. The van der Waals surface area contributed by atoms with E-state index < -0.39 is 5.60 Å². The van der Waals surface area contributed by atoms with E-state index in [0.717, 1.165) is 25.9 Å². The molecule has 0 aliphatic carbocycles. The zero-order chi connectivity index (χ0) is 15.3. The summed E-state index contributed by atoms with van der Waals surface area (Å²) in [5, 5.41) is 9.07. The Morgan fingerprint density at radius 1 is 1.45 bits per heavy atom. The van der Waals surface area contributed by atoms with Gasteiger partial charge in [0.1, 0.15) is 5.60 Å². The highest BCUT2D eigenvalue weighted by atomic mass is 16.6. The number of likely N-dealkylation sites (tertiary alicyclic amines) is 1. The van der Waals surface area contributed by atoms with Crippen LogP contribution in [-0.2, 0) is 4.74 Å². The van der Waals surface area contributed by atoms with Gasteiger partial charge >= 0.3 is 6.09 Å². The maximum Gasteiger partial charge on any atom is 0.410 e. The van der Waals surface area contributed by atoms with Gasteiger partial charge in [-0.3, -0.25) is 4.90 Å². The number of aliphatic hydroxyl groups excluding tert-OH is 1. The average molecular weight is 286 g/mol. The quantitative estimate of drug-likeness (QED) is 0.860. The molecule has 1 heterocycles. The largest absolute Gasteiger partial charge is 0.444 e. The number of ether oxygens (including phenoxy) is 1. The minimum Gasteiger partial charge on any atom is -0.444 e. The van der Waals surface area contributed by atoms with E-state index >= 15 is 0 Å². The molecule has 1 aliphatic rings. The van der Waals surface area contributed by atoms with Crippen molar-refractivity contribution in [2.24, 2.45) is 0 Å². The number of aliphatic hydroxyl groups is 1. The second kappa shape index (κ2) is 7.27. The van der Waals surface area contributed by atoms with Crippen LogP contribution in [0.3, 0.4) is 0 Å². The van der Waals surface area contributed by atoms with E-state index in [4.69, 9.17) is 9.84 Å². The minimum atomic E-state index is -0.469. The van der Waals surface area contributed by atoms with Gasteiger partial charge in [0.25, 0.3) is 0 Å². The maximum absolute atomic E-state index is 12.4. The van der Waals surface area contributed by atoms with Crippen molar-refractivity contribution in [3.05, 3.63) is 0 Å². The number of β-amino-alcohol motifs (C(OH)–C–C–N with tert-alkyl or cyclic N) is 1. The number of nitrogens with zero attached hydrogens (tertiary/aromatic N) is 2. The molecule has 0 aromatic carbocycles. The third-order valence-electron chi connectivity index (χ3n) is 3.45. The number of piperidine rings is 1. The molecule has 5 nitrogen and oxygen atoms in total. The molecule has 20 heavy (non-hydrogen) atoms. The Kier molecular flexibility index (Phi) is 6.27. The Hall–Kier alpha value is -0.810. The molecule has 0 aromatic rings. The first-order chi connectivity index (χ1) is 9.24. The van der Waals surface area contributed by atoms with Gasteiger partial charge in [0.2, 0.25) is 0 Å². The highest BCUT2D eigenvalue weighted by Gasteiger charge is 2.33. The highest BCUT2D eigenvalue weighted by Crippen LogP contribution is 2.21. The van der Waals surface area contributed by atoms with Crippen molar-refractivity contribution in [1.82, 2.24) is 9.80 Å². The van der Waals surface area contributed by atoms with Gasteiger partial charge in [-0.05, 0) is 54.0 Å². The van der Waals surface area contributed by atoms with Crippen molar-refractivity contribution in [1.29, 1.82) is 0 Å². The van der Waals surface area contributed by atoms with Gasteiger partial charge in [-0.2, -0.15) is 0 Å². The summed E-state index contributed by atoms with van der Waals surface area (Å²) in [7, 11) is 0. The van der Waals surface area contributed by atoms with Gasteiger partial charge in [0, 0.05) is 25.2 Å². The molecule has 1 saturated heterocycles. The van der Waals surface area contributed by atoms with Crippen molar-refractivity contribution >= 4 is 6.09 Å². The average Bonchev–Trinajstić information content (AvgIpc) is 2.26.